The lowest BCUT2D eigenvalue weighted by Gasteiger charge is -2.12. The fourth-order valence-electron chi connectivity index (χ4n) is 3.08. The van der Waals surface area contributed by atoms with Gasteiger partial charge in [-0.05, 0) is 66.9 Å². The first-order valence-electron chi connectivity index (χ1n) is 10.8. The van der Waals surface area contributed by atoms with Crippen LogP contribution in [0.4, 0.5) is 4.39 Å². The number of carbonyl (C=O) groups is 1. The Balaban J connectivity index is 0.00000408. The van der Waals surface area contributed by atoms with E-state index in [1.54, 1.807) is 37.5 Å². The minimum atomic E-state index is -0.319. The van der Waals surface area contributed by atoms with Crippen molar-refractivity contribution in [3.8, 4) is 11.6 Å². The van der Waals surface area contributed by atoms with E-state index in [4.69, 9.17) is 4.74 Å². The van der Waals surface area contributed by atoms with Crippen LogP contribution in [0.5, 0.6) is 11.6 Å². The van der Waals surface area contributed by atoms with Gasteiger partial charge in [0.15, 0.2) is 5.96 Å². The number of hydrogen-bond donors (Lipinski definition) is 3. The van der Waals surface area contributed by atoms with Gasteiger partial charge in [-0.2, -0.15) is 0 Å². The van der Waals surface area contributed by atoms with Crippen LogP contribution in [0.3, 0.4) is 0 Å². The molecule has 34 heavy (non-hydrogen) atoms. The quantitative estimate of drug-likeness (QED) is 0.201. The number of benzene rings is 2. The zero-order valence-corrected chi connectivity index (χ0v) is 21.5. The molecule has 0 fully saturated rings. The molecule has 180 valence electrons. The van der Waals surface area contributed by atoms with E-state index in [-0.39, 0.29) is 35.7 Å². The van der Waals surface area contributed by atoms with Crippen molar-refractivity contribution in [2.75, 3.05) is 20.1 Å². The van der Waals surface area contributed by atoms with Crippen LogP contribution >= 0.6 is 24.0 Å². The van der Waals surface area contributed by atoms with Crippen molar-refractivity contribution in [1.29, 1.82) is 0 Å². The zero-order chi connectivity index (χ0) is 23.5. The van der Waals surface area contributed by atoms with E-state index in [1.165, 1.54) is 12.1 Å². The highest BCUT2D eigenvalue weighted by molar-refractivity contribution is 14.0. The summed E-state index contributed by atoms with van der Waals surface area (Å²) < 4.78 is 18.8. The molecule has 1 amide bonds. The SMILES string of the molecule is CCNC(=NCc1ccnc(Oc2ccc(F)cc2)c1)NCCc1cccc(C(=O)NC)c1.I. The average molecular weight is 577 g/mol. The third-order valence-electron chi connectivity index (χ3n) is 4.72. The first-order valence-corrected chi connectivity index (χ1v) is 10.8. The first-order chi connectivity index (χ1) is 16.1. The molecule has 0 aliphatic carbocycles. The van der Waals surface area contributed by atoms with Gasteiger partial charge < -0.3 is 20.7 Å². The second-order valence-electron chi connectivity index (χ2n) is 7.21. The number of guanidine groups is 1. The fourth-order valence-corrected chi connectivity index (χ4v) is 3.08. The van der Waals surface area contributed by atoms with E-state index in [0.717, 1.165) is 24.1 Å². The summed E-state index contributed by atoms with van der Waals surface area (Å²) in [5.41, 5.74) is 2.64. The molecule has 0 unspecified atom stereocenters. The lowest BCUT2D eigenvalue weighted by Crippen LogP contribution is -2.38. The Morgan fingerprint density at radius 3 is 2.59 bits per heavy atom. The largest absolute Gasteiger partial charge is 0.439 e. The molecule has 3 aromatic rings. The number of hydrogen-bond acceptors (Lipinski definition) is 4. The predicted molar refractivity (Wildman–Crippen MR) is 142 cm³/mol. The predicted octanol–water partition coefficient (Wildman–Crippen LogP) is 4.29. The second-order valence-corrected chi connectivity index (χ2v) is 7.21. The molecule has 3 rings (SSSR count). The zero-order valence-electron chi connectivity index (χ0n) is 19.2. The summed E-state index contributed by atoms with van der Waals surface area (Å²) in [6, 6.07) is 17.0. The highest BCUT2D eigenvalue weighted by Crippen LogP contribution is 2.20. The van der Waals surface area contributed by atoms with E-state index in [0.29, 0.717) is 36.2 Å². The monoisotopic (exact) mass is 577 g/mol. The van der Waals surface area contributed by atoms with Gasteiger partial charge in [-0.25, -0.2) is 14.4 Å². The Hall–Kier alpha value is -3.21. The van der Waals surface area contributed by atoms with Gasteiger partial charge in [0.05, 0.1) is 6.54 Å². The standard InChI is InChI=1S/C25H28FN5O2.HI/c1-3-28-25(30-14-11-18-5-4-6-20(15-18)24(32)27-2)31-17-19-12-13-29-23(16-19)33-22-9-7-21(26)8-10-22;/h4-10,12-13,15-16H,3,11,14,17H2,1-2H3,(H,27,32)(H2,28,30,31);1H. The molecule has 2 aromatic carbocycles. The topological polar surface area (TPSA) is 87.6 Å². The van der Waals surface area contributed by atoms with Crippen molar-refractivity contribution < 1.29 is 13.9 Å². The summed E-state index contributed by atoms with van der Waals surface area (Å²) >= 11 is 0. The Morgan fingerprint density at radius 1 is 1.06 bits per heavy atom. The van der Waals surface area contributed by atoms with Gasteiger partial charge in [0, 0.05) is 38.0 Å². The minimum Gasteiger partial charge on any atom is -0.439 e. The molecule has 0 aliphatic heterocycles. The number of ether oxygens (including phenoxy) is 1. The van der Waals surface area contributed by atoms with Crippen molar-refractivity contribution in [3.63, 3.8) is 0 Å². The minimum absolute atomic E-state index is 0. The summed E-state index contributed by atoms with van der Waals surface area (Å²) in [4.78, 5) is 20.6. The molecule has 0 spiro atoms. The van der Waals surface area contributed by atoms with Crippen LogP contribution in [0.1, 0.15) is 28.4 Å². The van der Waals surface area contributed by atoms with Gasteiger partial charge in [-0.1, -0.05) is 12.1 Å². The van der Waals surface area contributed by atoms with Gasteiger partial charge in [0.25, 0.3) is 5.91 Å². The van der Waals surface area contributed by atoms with Crippen LogP contribution in [0.2, 0.25) is 0 Å². The maximum absolute atomic E-state index is 13.1. The third kappa shape index (κ3) is 8.62. The van der Waals surface area contributed by atoms with Gasteiger partial charge >= 0.3 is 0 Å². The highest BCUT2D eigenvalue weighted by Gasteiger charge is 2.05. The molecular formula is C25H29FIN5O2. The van der Waals surface area contributed by atoms with Crippen molar-refractivity contribution in [2.24, 2.45) is 4.99 Å². The van der Waals surface area contributed by atoms with E-state index in [1.807, 2.05) is 31.2 Å². The van der Waals surface area contributed by atoms with Crippen LogP contribution in [-0.4, -0.2) is 37.0 Å². The molecule has 3 N–H and O–H groups in total. The molecule has 0 bridgehead atoms. The summed E-state index contributed by atoms with van der Waals surface area (Å²) in [7, 11) is 1.62. The summed E-state index contributed by atoms with van der Waals surface area (Å²) in [6.45, 7) is 3.83. The number of aliphatic imine (C=N–C) groups is 1. The Kier molecular flexibility index (Phi) is 11.2. The number of carbonyl (C=O) groups excluding carboxylic acids is 1. The van der Waals surface area contributed by atoms with Crippen molar-refractivity contribution in [2.45, 2.75) is 19.9 Å². The molecule has 0 saturated heterocycles. The summed E-state index contributed by atoms with van der Waals surface area (Å²) in [6.07, 6.45) is 2.41. The van der Waals surface area contributed by atoms with Gasteiger partial charge in [-0.3, -0.25) is 4.79 Å². The number of amides is 1. The van der Waals surface area contributed by atoms with E-state index in [2.05, 4.69) is 25.9 Å². The summed E-state index contributed by atoms with van der Waals surface area (Å²) in [5, 5.41) is 9.19. The smallest absolute Gasteiger partial charge is 0.251 e. The highest BCUT2D eigenvalue weighted by atomic mass is 127. The Bertz CT molecular complexity index is 1090. The normalized spacial score (nSPS) is 10.7. The van der Waals surface area contributed by atoms with Crippen LogP contribution in [0.25, 0.3) is 0 Å². The number of nitrogens with zero attached hydrogens (tertiary/aromatic N) is 2. The van der Waals surface area contributed by atoms with Crippen LogP contribution < -0.4 is 20.7 Å². The van der Waals surface area contributed by atoms with Crippen LogP contribution in [-0.2, 0) is 13.0 Å². The van der Waals surface area contributed by atoms with E-state index in [9.17, 15) is 9.18 Å². The number of nitrogens with one attached hydrogen (secondary N) is 3. The molecule has 9 heteroatoms. The van der Waals surface area contributed by atoms with Gasteiger partial charge in [-0.15, -0.1) is 24.0 Å². The van der Waals surface area contributed by atoms with E-state index < -0.39 is 0 Å². The maximum Gasteiger partial charge on any atom is 0.251 e. The van der Waals surface area contributed by atoms with Crippen LogP contribution in [0.15, 0.2) is 71.9 Å². The lowest BCUT2D eigenvalue weighted by molar-refractivity contribution is 0.0963. The molecule has 7 nitrogen and oxygen atoms in total. The number of aromatic nitrogens is 1. The number of halogens is 2. The second kappa shape index (κ2) is 14.1. The average Bonchev–Trinajstić information content (AvgIpc) is 2.84. The van der Waals surface area contributed by atoms with Crippen molar-refractivity contribution >= 4 is 35.8 Å². The first kappa shape index (κ1) is 27.0. The van der Waals surface area contributed by atoms with Gasteiger partial charge in [0.2, 0.25) is 5.88 Å². The lowest BCUT2D eigenvalue weighted by atomic mass is 10.1. The number of pyridine rings is 1. The molecule has 0 saturated carbocycles. The Labute approximate surface area is 216 Å². The molecule has 0 atom stereocenters. The third-order valence-corrected chi connectivity index (χ3v) is 4.72. The summed E-state index contributed by atoms with van der Waals surface area (Å²) in [5.74, 6) is 1.21. The molecule has 0 radical (unpaired) electrons. The van der Waals surface area contributed by atoms with E-state index >= 15 is 0 Å². The number of rotatable bonds is 9. The van der Waals surface area contributed by atoms with Gasteiger partial charge in [0.1, 0.15) is 11.6 Å². The molecule has 0 aliphatic rings. The Morgan fingerprint density at radius 2 is 1.85 bits per heavy atom. The molecule has 1 heterocycles. The molecular weight excluding hydrogens is 548 g/mol. The van der Waals surface area contributed by atoms with Crippen LogP contribution in [0, 0.1) is 5.82 Å². The van der Waals surface area contributed by atoms with Crippen molar-refractivity contribution in [1.82, 2.24) is 20.9 Å². The fraction of sp³-hybridized carbons (Fsp3) is 0.240. The maximum atomic E-state index is 13.1. The van der Waals surface area contributed by atoms with Crippen molar-refractivity contribution in [3.05, 3.63) is 89.4 Å². The molecule has 1 aromatic heterocycles.